The minimum absolute atomic E-state index is 0.312. The molecule has 0 aliphatic heterocycles. The lowest BCUT2D eigenvalue weighted by atomic mass is 10.4. The smallest absolute Gasteiger partial charge is 0.408 e. The van der Waals surface area contributed by atoms with Crippen LogP contribution in [0.25, 0.3) is 0 Å². The zero-order chi connectivity index (χ0) is 9.90. The second-order valence-electron chi connectivity index (χ2n) is 2.33. The molecule has 0 atom stereocenters. The van der Waals surface area contributed by atoms with E-state index in [4.69, 9.17) is 5.21 Å². The minimum atomic E-state index is -4.29. The lowest BCUT2D eigenvalue weighted by molar-refractivity contribution is -0.142. The summed E-state index contributed by atoms with van der Waals surface area (Å²) in [6.45, 7) is -1.15. The van der Waals surface area contributed by atoms with Crippen molar-refractivity contribution >= 4 is 6.21 Å². The molecule has 4 nitrogen and oxygen atoms in total. The Morgan fingerprint density at radius 3 is 2.85 bits per heavy atom. The first-order chi connectivity index (χ1) is 6.01. The van der Waals surface area contributed by atoms with Gasteiger partial charge in [0, 0.05) is 11.8 Å². The Hall–Kier alpha value is -1.53. The van der Waals surface area contributed by atoms with Gasteiger partial charge in [-0.2, -0.15) is 18.3 Å². The first-order valence-electron chi connectivity index (χ1n) is 3.28. The maximum atomic E-state index is 11.8. The molecule has 0 bridgehead atoms. The van der Waals surface area contributed by atoms with Crippen LogP contribution >= 0.6 is 0 Å². The van der Waals surface area contributed by atoms with Gasteiger partial charge in [-0.1, -0.05) is 5.16 Å². The summed E-state index contributed by atoms with van der Waals surface area (Å²) < 4.78 is 36.1. The molecule has 0 unspecified atom stereocenters. The highest BCUT2D eigenvalue weighted by molar-refractivity contribution is 5.77. The molecule has 0 aliphatic carbocycles. The summed E-state index contributed by atoms with van der Waals surface area (Å²) in [5.74, 6) is 0. The Labute approximate surface area is 71.3 Å². The highest BCUT2D eigenvalue weighted by atomic mass is 19.4. The molecule has 0 spiro atoms. The van der Waals surface area contributed by atoms with Crippen molar-refractivity contribution in [3.05, 3.63) is 18.0 Å². The zero-order valence-electron chi connectivity index (χ0n) is 6.36. The molecule has 0 amide bonds. The minimum Gasteiger partial charge on any atom is -0.411 e. The van der Waals surface area contributed by atoms with Gasteiger partial charge in [-0.3, -0.25) is 4.68 Å². The van der Waals surface area contributed by atoms with Crippen LogP contribution in [0.15, 0.2) is 17.5 Å². The lowest BCUT2D eigenvalue weighted by Crippen LogP contribution is -2.17. The molecule has 13 heavy (non-hydrogen) atoms. The molecule has 1 heterocycles. The molecule has 72 valence electrons. The molecule has 0 aromatic carbocycles. The number of hydrogen-bond acceptors (Lipinski definition) is 3. The van der Waals surface area contributed by atoms with Crippen LogP contribution in [0.1, 0.15) is 5.56 Å². The van der Waals surface area contributed by atoms with E-state index in [0.29, 0.717) is 5.56 Å². The molecule has 0 saturated carbocycles. The van der Waals surface area contributed by atoms with Crippen LogP contribution in [0, 0.1) is 0 Å². The summed E-state index contributed by atoms with van der Waals surface area (Å²) in [5.41, 5.74) is 0.312. The average molecular weight is 193 g/mol. The van der Waals surface area contributed by atoms with Crippen LogP contribution in [0.3, 0.4) is 0 Å². The van der Waals surface area contributed by atoms with Gasteiger partial charge in [0.15, 0.2) is 0 Å². The molecule has 0 radical (unpaired) electrons. The van der Waals surface area contributed by atoms with E-state index in [-0.39, 0.29) is 0 Å². The normalized spacial score (nSPS) is 12.5. The van der Waals surface area contributed by atoms with Gasteiger partial charge in [0.25, 0.3) is 0 Å². The Morgan fingerprint density at radius 1 is 1.62 bits per heavy atom. The van der Waals surface area contributed by atoms with Crippen LogP contribution in [-0.4, -0.2) is 27.4 Å². The Balaban J connectivity index is 2.69. The molecule has 0 fully saturated rings. The van der Waals surface area contributed by atoms with Gasteiger partial charge < -0.3 is 5.21 Å². The van der Waals surface area contributed by atoms with E-state index < -0.39 is 12.7 Å². The molecule has 0 aliphatic rings. The van der Waals surface area contributed by atoms with E-state index in [1.165, 1.54) is 6.20 Å². The van der Waals surface area contributed by atoms with E-state index in [9.17, 15) is 13.2 Å². The fraction of sp³-hybridized carbons (Fsp3) is 0.333. The lowest BCUT2D eigenvalue weighted by Gasteiger charge is -2.04. The van der Waals surface area contributed by atoms with Gasteiger partial charge in [0.2, 0.25) is 0 Å². The van der Waals surface area contributed by atoms with Gasteiger partial charge in [-0.05, 0) is 0 Å². The molecule has 7 heteroatoms. The van der Waals surface area contributed by atoms with Crippen LogP contribution in [-0.2, 0) is 6.54 Å². The first kappa shape index (κ1) is 9.56. The Kier molecular flexibility index (Phi) is 2.54. The van der Waals surface area contributed by atoms with Crippen LogP contribution < -0.4 is 0 Å². The number of halogens is 3. The van der Waals surface area contributed by atoms with Gasteiger partial charge in [0.05, 0.1) is 12.4 Å². The molecular formula is C6H6F3N3O. The van der Waals surface area contributed by atoms with Crippen molar-refractivity contribution in [3.63, 3.8) is 0 Å². The zero-order valence-corrected chi connectivity index (χ0v) is 6.36. The number of aromatic nitrogens is 2. The summed E-state index contributed by atoms with van der Waals surface area (Å²) in [6, 6.07) is 0. The summed E-state index contributed by atoms with van der Waals surface area (Å²) in [7, 11) is 0. The molecule has 0 saturated heterocycles. The fourth-order valence-corrected chi connectivity index (χ4v) is 0.783. The van der Waals surface area contributed by atoms with Gasteiger partial charge in [-0.25, -0.2) is 0 Å². The number of oxime groups is 1. The summed E-state index contributed by atoms with van der Waals surface area (Å²) >= 11 is 0. The van der Waals surface area contributed by atoms with Crippen molar-refractivity contribution in [3.8, 4) is 0 Å². The topological polar surface area (TPSA) is 50.4 Å². The Morgan fingerprint density at radius 2 is 2.31 bits per heavy atom. The van der Waals surface area contributed by atoms with Crippen molar-refractivity contribution in [1.82, 2.24) is 9.78 Å². The number of rotatable bonds is 2. The third-order valence-electron chi connectivity index (χ3n) is 1.20. The van der Waals surface area contributed by atoms with Crippen molar-refractivity contribution in [1.29, 1.82) is 0 Å². The predicted octanol–water partition coefficient (Wildman–Crippen LogP) is 1.25. The van der Waals surface area contributed by atoms with Gasteiger partial charge >= 0.3 is 6.18 Å². The monoisotopic (exact) mass is 193 g/mol. The van der Waals surface area contributed by atoms with E-state index >= 15 is 0 Å². The highest BCUT2D eigenvalue weighted by Gasteiger charge is 2.28. The molecular weight excluding hydrogens is 187 g/mol. The van der Waals surface area contributed by atoms with E-state index in [1.54, 1.807) is 0 Å². The SMILES string of the molecule is O/N=C\c1cnn(CC(F)(F)F)c1. The van der Waals surface area contributed by atoms with Gasteiger partial charge in [0.1, 0.15) is 6.54 Å². The number of hydrogen-bond donors (Lipinski definition) is 1. The standard InChI is InChI=1S/C6H6F3N3O/c7-6(8,9)4-12-3-5(1-10-12)2-11-13/h1-3,13H,4H2/b11-2-. The molecule has 1 aromatic heterocycles. The van der Waals surface area contributed by atoms with E-state index in [0.717, 1.165) is 17.1 Å². The molecule has 1 rings (SSSR count). The van der Waals surface area contributed by atoms with Crippen molar-refractivity contribution in [2.75, 3.05) is 0 Å². The Bertz CT molecular complexity index is 304. The number of alkyl halides is 3. The summed E-state index contributed by atoms with van der Waals surface area (Å²) in [4.78, 5) is 0. The first-order valence-corrected chi connectivity index (χ1v) is 3.28. The quantitative estimate of drug-likeness (QED) is 0.436. The molecule has 1 aromatic rings. The largest absolute Gasteiger partial charge is 0.411 e. The summed E-state index contributed by atoms with van der Waals surface area (Å²) in [5, 5.41) is 14.1. The van der Waals surface area contributed by atoms with Crippen molar-refractivity contribution in [2.45, 2.75) is 12.7 Å². The van der Waals surface area contributed by atoms with Crippen molar-refractivity contribution < 1.29 is 18.4 Å². The van der Waals surface area contributed by atoms with E-state index in [2.05, 4.69) is 10.3 Å². The third-order valence-corrected chi connectivity index (χ3v) is 1.20. The predicted molar refractivity (Wildman–Crippen MR) is 37.7 cm³/mol. The maximum absolute atomic E-state index is 11.8. The van der Waals surface area contributed by atoms with Crippen molar-refractivity contribution in [2.24, 2.45) is 5.16 Å². The maximum Gasteiger partial charge on any atom is 0.408 e. The fourth-order valence-electron chi connectivity index (χ4n) is 0.783. The highest BCUT2D eigenvalue weighted by Crippen LogP contribution is 2.16. The average Bonchev–Trinajstić information content (AvgIpc) is 2.33. The molecule has 1 N–H and O–H groups in total. The van der Waals surface area contributed by atoms with Crippen LogP contribution in [0.5, 0.6) is 0 Å². The number of nitrogens with zero attached hydrogens (tertiary/aromatic N) is 3. The summed E-state index contributed by atoms with van der Waals surface area (Å²) in [6.07, 6.45) is -0.988. The van der Waals surface area contributed by atoms with E-state index in [1.807, 2.05) is 0 Å². The second-order valence-corrected chi connectivity index (χ2v) is 2.33. The second kappa shape index (κ2) is 3.46. The third kappa shape index (κ3) is 3.14. The van der Waals surface area contributed by atoms with Crippen LogP contribution in [0.4, 0.5) is 13.2 Å². The van der Waals surface area contributed by atoms with Crippen LogP contribution in [0.2, 0.25) is 0 Å². The van der Waals surface area contributed by atoms with Gasteiger partial charge in [-0.15, -0.1) is 0 Å².